The summed E-state index contributed by atoms with van der Waals surface area (Å²) in [5.74, 6) is 0.0408. The van der Waals surface area contributed by atoms with E-state index in [1.807, 2.05) is 42.5 Å². The van der Waals surface area contributed by atoms with Crippen molar-refractivity contribution in [1.29, 1.82) is 0 Å². The number of carbonyl (C=O) groups is 1. The van der Waals surface area contributed by atoms with E-state index in [0.29, 0.717) is 24.1 Å². The SMILES string of the molecule is O=C(Nc1cccc2ccccc12)O[C@H](CCCO)c1cc(Br)ccc1O. The molecule has 0 saturated heterocycles. The molecule has 0 aliphatic rings. The molecule has 1 atom stereocenters. The number of phenols is 1. The molecule has 140 valence electrons. The van der Waals surface area contributed by atoms with Gasteiger partial charge in [0, 0.05) is 22.0 Å². The van der Waals surface area contributed by atoms with E-state index >= 15 is 0 Å². The number of fused-ring (bicyclic) bond motifs is 1. The molecule has 27 heavy (non-hydrogen) atoms. The minimum Gasteiger partial charge on any atom is -0.508 e. The summed E-state index contributed by atoms with van der Waals surface area (Å²) in [6, 6.07) is 18.3. The minimum absolute atomic E-state index is 0.0282. The summed E-state index contributed by atoms with van der Waals surface area (Å²) in [4.78, 5) is 12.5. The van der Waals surface area contributed by atoms with Crippen LogP contribution in [0.5, 0.6) is 5.75 Å². The van der Waals surface area contributed by atoms with E-state index in [4.69, 9.17) is 9.84 Å². The van der Waals surface area contributed by atoms with E-state index in [-0.39, 0.29) is 12.4 Å². The summed E-state index contributed by atoms with van der Waals surface area (Å²) in [5.41, 5.74) is 1.14. The maximum atomic E-state index is 12.5. The highest BCUT2D eigenvalue weighted by Gasteiger charge is 2.20. The van der Waals surface area contributed by atoms with Gasteiger partial charge in [0.2, 0.25) is 0 Å². The Morgan fingerprint density at radius 1 is 1.11 bits per heavy atom. The molecule has 0 fully saturated rings. The van der Waals surface area contributed by atoms with Crippen LogP contribution in [0, 0.1) is 0 Å². The van der Waals surface area contributed by atoms with Gasteiger partial charge in [-0.25, -0.2) is 4.79 Å². The quantitative estimate of drug-likeness (QED) is 0.491. The van der Waals surface area contributed by atoms with Crippen LogP contribution >= 0.6 is 15.9 Å². The number of nitrogens with one attached hydrogen (secondary N) is 1. The minimum atomic E-state index is -0.676. The van der Waals surface area contributed by atoms with Crippen LogP contribution in [-0.4, -0.2) is 22.9 Å². The number of amides is 1. The monoisotopic (exact) mass is 429 g/mol. The van der Waals surface area contributed by atoms with E-state index in [2.05, 4.69) is 21.2 Å². The lowest BCUT2D eigenvalue weighted by molar-refractivity contribution is 0.0980. The second-order valence-corrected chi connectivity index (χ2v) is 7.03. The maximum Gasteiger partial charge on any atom is 0.412 e. The average molecular weight is 430 g/mol. The highest BCUT2D eigenvalue weighted by molar-refractivity contribution is 9.10. The standard InChI is InChI=1S/C21H20BrNO4/c22-15-10-11-19(25)17(13-15)20(9-4-12-24)27-21(26)23-18-8-3-6-14-5-1-2-7-16(14)18/h1-3,5-8,10-11,13,20,24-25H,4,9,12H2,(H,23,26)/t20-/m1/s1. The molecular weight excluding hydrogens is 410 g/mol. The molecule has 3 aromatic rings. The predicted molar refractivity (Wildman–Crippen MR) is 109 cm³/mol. The highest BCUT2D eigenvalue weighted by atomic mass is 79.9. The Kier molecular flexibility index (Phi) is 6.32. The van der Waals surface area contributed by atoms with E-state index in [9.17, 15) is 9.90 Å². The van der Waals surface area contributed by atoms with Crippen molar-refractivity contribution in [3.63, 3.8) is 0 Å². The van der Waals surface area contributed by atoms with Gasteiger partial charge in [-0.05, 0) is 42.5 Å². The summed E-state index contributed by atoms with van der Waals surface area (Å²) < 4.78 is 6.35. The Balaban J connectivity index is 1.81. The van der Waals surface area contributed by atoms with Gasteiger partial charge >= 0.3 is 6.09 Å². The lowest BCUT2D eigenvalue weighted by Crippen LogP contribution is -2.18. The molecule has 0 saturated carbocycles. The lowest BCUT2D eigenvalue weighted by Gasteiger charge is -2.20. The number of rotatable bonds is 6. The van der Waals surface area contributed by atoms with Crippen LogP contribution < -0.4 is 5.32 Å². The molecule has 0 aromatic heterocycles. The first-order chi connectivity index (χ1) is 13.1. The molecule has 0 spiro atoms. The first kappa shape index (κ1) is 19.2. The molecule has 0 bridgehead atoms. The number of phenolic OH excluding ortho intramolecular Hbond substituents is 1. The van der Waals surface area contributed by atoms with Gasteiger partial charge in [0.25, 0.3) is 0 Å². The van der Waals surface area contributed by atoms with E-state index in [1.165, 1.54) is 6.07 Å². The van der Waals surface area contributed by atoms with Crippen molar-refractivity contribution in [2.45, 2.75) is 18.9 Å². The number of aliphatic hydroxyl groups excluding tert-OH is 1. The molecule has 0 unspecified atom stereocenters. The van der Waals surface area contributed by atoms with Crippen molar-refractivity contribution in [1.82, 2.24) is 0 Å². The van der Waals surface area contributed by atoms with Crippen LogP contribution in [0.15, 0.2) is 65.1 Å². The average Bonchev–Trinajstić information content (AvgIpc) is 2.67. The molecule has 1 amide bonds. The maximum absolute atomic E-state index is 12.5. The smallest absolute Gasteiger partial charge is 0.412 e. The lowest BCUT2D eigenvalue weighted by atomic mass is 10.0. The van der Waals surface area contributed by atoms with E-state index in [1.54, 1.807) is 12.1 Å². The summed E-state index contributed by atoms with van der Waals surface area (Å²) in [6.45, 7) is -0.0282. The van der Waals surface area contributed by atoms with Crippen LogP contribution in [0.1, 0.15) is 24.5 Å². The summed E-state index contributed by atoms with van der Waals surface area (Å²) in [6.07, 6.45) is -0.458. The zero-order valence-electron chi connectivity index (χ0n) is 14.6. The number of anilines is 1. The van der Waals surface area contributed by atoms with Gasteiger partial charge in [0.05, 0.1) is 5.69 Å². The number of hydrogen-bond donors (Lipinski definition) is 3. The Labute approximate surface area is 165 Å². The molecule has 5 nitrogen and oxygen atoms in total. The Bertz CT molecular complexity index is 939. The van der Waals surface area contributed by atoms with Gasteiger partial charge in [-0.15, -0.1) is 0 Å². The fourth-order valence-corrected chi connectivity index (χ4v) is 3.32. The van der Waals surface area contributed by atoms with E-state index < -0.39 is 12.2 Å². The zero-order chi connectivity index (χ0) is 19.2. The van der Waals surface area contributed by atoms with Crippen LogP contribution in [0.4, 0.5) is 10.5 Å². The summed E-state index contributed by atoms with van der Waals surface area (Å²) >= 11 is 3.36. The van der Waals surface area contributed by atoms with Gasteiger partial charge in [0.1, 0.15) is 11.9 Å². The van der Waals surface area contributed by atoms with Gasteiger partial charge < -0.3 is 14.9 Å². The van der Waals surface area contributed by atoms with Gasteiger partial charge in [-0.3, -0.25) is 5.32 Å². The van der Waals surface area contributed by atoms with Crippen molar-refractivity contribution in [3.8, 4) is 5.75 Å². The number of ether oxygens (including phenoxy) is 1. The van der Waals surface area contributed by atoms with Crippen LogP contribution in [0.2, 0.25) is 0 Å². The van der Waals surface area contributed by atoms with Gasteiger partial charge in [0.15, 0.2) is 0 Å². The second-order valence-electron chi connectivity index (χ2n) is 6.11. The Morgan fingerprint density at radius 2 is 1.89 bits per heavy atom. The fourth-order valence-electron chi connectivity index (χ4n) is 2.94. The zero-order valence-corrected chi connectivity index (χ0v) is 16.1. The molecular formula is C21H20BrNO4. The molecule has 6 heteroatoms. The number of halogens is 1. The van der Waals surface area contributed by atoms with Crippen LogP contribution in [0.25, 0.3) is 10.8 Å². The van der Waals surface area contributed by atoms with E-state index in [0.717, 1.165) is 15.2 Å². The molecule has 0 heterocycles. The molecule has 3 N–H and O–H groups in total. The van der Waals surface area contributed by atoms with Crippen molar-refractivity contribution in [2.24, 2.45) is 0 Å². The van der Waals surface area contributed by atoms with Crippen molar-refractivity contribution in [2.75, 3.05) is 11.9 Å². The van der Waals surface area contributed by atoms with Crippen LogP contribution in [-0.2, 0) is 4.74 Å². The Hall–Kier alpha value is -2.57. The third kappa shape index (κ3) is 4.78. The van der Waals surface area contributed by atoms with Crippen LogP contribution in [0.3, 0.4) is 0 Å². The number of aromatic hydroxyl groups is 1. The largest absolute Gasteiger partial charge is 0.508 e. The topological polar surface area (TPSA) is 78.8 Å². The van der Waals surface area contributed by atoms with Crippen molar-refractivity contribution >= 4 is 38.5 Å². The highest BCUT2D eigenvalue weighted by Crippen LogP contribution is 2.33. The van der Waals surface area contributed by atoms with Crippen molar-refractivity contribution < 1.29 is 19.7 Å². The molecule has 0 radical (unpaired) electrons. The predicted octanol–water partition coefficient (Wildman–Crippen LogP) is 5.37. The van der Waals surface area contributed by atoms with Gasteiger partial charge in [-0.1, -0.05) is 52.3 Å². The normalized spacial score (nSPS) is 11.9. The third-order valence-electron chi connectivity index (χ3n) is 4.24. The Morgan fingerprint density at radius 3 is 2.70 bits per heavy atom. The fraction of sp³-hybridized carbons (Fsp3) is 0.190. The van der Waals surface area contributed by atoms with Crippen molar-refractivity contribution in [3.05, 3.63) is 70.7 Å². The van der Waals surface area contributed by atoms with Gasteiger partial charge in [-0.2, -0.15) is 0 Å². The number of aliphatic hydroxyl groups is 1. The first-order valence-electron chi connectivity index (χ1n) is 8.63. The summed E-state index contributed by atoms with van der Waals surface area (Å²) in [7, 11) is 0. The molecule has 3 aromatic carbocycles. The number of hydrogen-bond acceptors (Lipinski definition) is 4. The first-order valence-corrected chi connectivity index (χ1v) is 9.42. The number of benzene rings is 3. The third-order valence-corrected chi connectivity index (χ3v) is 4.73. The molecule has 0 aliphatic carbocycles. The molecule has 0 aliphatic heterocycles. The summed E-state index contributed by atoms with van der Waals surface area (Å²) in [5, 5.41) is 24.0. The number of carbonyl (C=O) groups excluding carboxylic acids is 1. The second kappa shape index (κ2) is 8.88. The molecule has 3 rings (SSSR count).